The number of aromatic amines is 1. The average Bonchev–Trinajstić information content (AvgIpc) is 3.24. The van der Waals surface area contributed by atoms with Crippen molar-refractivity contribution in [2.75, 3.05) is 46.3 Å². The number of H-pyrrole nitrogens is 1. The van der Waals surface area contributed by atoms with Gasteiger partial charge < -0.3 is 24.4 Å². The Morgan fingerprint density at radius 2 is 2.12 bits per heavy atom. The minimum Gasteiger partial charge on any atom is -0.497 e. The molecule has 0 bridgehead atoms. The number of fused-ring (bicyclic) bond motifs is 1. The molecule has 2 N–H and O–H groups in total. The van der Waals surface area contributed by atoms with Gasteiger partial charge in [-0.1, -0.05) is 6.07 Å². The molecule has 0 saturated carbocycles. The number of carbonyl (C=O) groups is 1. The maximum absolute atomic E-state index is 13.1. The van der Waals surface area contributed by atoms with Crippen LogP contribution in [0.5, 0.6) is 17.2 Å². The summed E-state index contributed by atoms with van der Waals surface area (Å²) in [6, 6.07) is 11.5. The van der Waals surface area contributed by atoms with Crippen LogP contribution < -0.4 is 19.5 Å². The van der Waals surface area contributed by atoms with E-state index in [4.69, 9.17) is 14.2 Å². The fourth-order valence-electron chi connectivity index (χ4n) is 3.80. The Bertz CT molecular complexity index is 1130. The summed E-state index contributed by atoms with van der Waals surface area (Å²) in [5.74, 6) is 1.76. The lowest BCUT2D eigenvalue weighted by molar-refractivity contribution is -0.121. The molecular formula is C25H30N4O4. The zero-order valence-corrected chi connectivity index (χ0v) is 19.5. The van der Waals surface area contributed by atoms with E-state index in [0.29, 0.717) is 31.1 Å². The van der Waals surface area contributed by atoms with Gasteiger partial charge >= 0.3 is 0 Å². The smallest absolute Gasteiger partial charge is 0.231 e. The number of rotatable bonds is 8. The van der Waals surface area contributed by atoms with E-state index >= 15 is 0 Å². The number of aromatic nitrogens is 2. The summed E-state index contributed by atoms with van der Waals surface area (Å²) in [7, 11) is 5.61. The van der Waals surface area contributed by atoms with Crippen LogP contribution in [-0.2, 0) is 11.2 Å². The van der Waals surface area contributed by atoms with Gasteiger partial charge in [-0.05, 0) is 68.9 Å². The molecule has 0 saturated heterocycles. The first kappa shape index (κ1) is 22.7. The van der Waals surface area contributed by atoms with Crippen LogP contribution in [0.25, 0.3) is 11.1 Å². The van der Waals surface area contributed by atoms with Gasteiger partial charge in [-0.15, -0.1) is 0 Å². The second-order valence-corrected chi connectivity index (χ2v) is 8.42. The van der Waals surface area contributed by atoms with Crippen LogP contribution in [0.2, 0.25) is 0 Å². The molecule has 0 spiro atoms. The van der Waals surface area contributed by atoms with Crippen molar-refractivity contribution >= 4 is 11.6 Å². The standard InChI is InChI=1S/C25H30N4O4/c1-16-21(14-26-28-16)17-5-7-22(24(13-17)32-10-9-29(2)3)27-25(30)19-11-18-12-20(31-4)6-8-23(18)33-15-19/h5-8,12-14,19H,9-11,15H2,1-4H3,(H,26,28)(H,27,30). The van der Waals surface area contributed by atoms with Crippen LogP contribution in [0, 0.1) is 12.8 Å². The van der Waals surface area contributed by atoms with Crippen molar-refractivity contribution in [3.8, 4) is 28.4 Å². The monoisotopic (exact) mass is 450 g/mol. The van der Waals surface area contributed by atoms with Gasteiger partial charge in [0.05, 0.1) is 24.4 Å². The fourth-order valence-corrected chi connectivity index (χ4v) is 3.80. The Balaban J connectivity index is 1.53. The van der Waals surface area contributed by atoms with Crippen molar-refractivity contribution in [2.24, 2.45) is 5.92 Å². The third-order valence-electron chi connectivity index (χ3n) is 5.72. The topological polar surface area (TPSA) is 88.7 Å². The maximum atomic E-state index is 13.1. The number of aryl methyl sites for hydroxylation is 1. The van der Waals surface area contributed by atoms with Crippen molar-refractivity contribution in [2.45, 2.75) is 13.3 Å². The molecule has 1 unspecified atom stereocenters. The van der Waals surface area contributed by atoms with Crippen molar-refractivity contribution in [1.82, 2.24) is 15.1 Å². The Kier molecular flexibility index (Phi) is 6.84. The van der Waals surface area contributed by atoms with Crippen molar-refractivity contribution < 1.29 is 19.0 Å². The lowest BCUT2D eigenvalue weighted by atomic mass is 9.95. The van der Waals surface area contributed by atoms with Gasteiger partial charge in [0.15, 0.2) is 0 Å². The molecule has 33 heavy (non-hydrogen) atoms. The molecular weight excluding hydrogens is 420 g/mol. The molecule has 174 valence electrons. The predicted octanol–water partition coefficient (Wildman–Crippen LogP) is 3.52. The van der Waals surface area contributed by atoms with Gasteiger partial charge in [-0.25, -0.2) is 0 Å². The third kappa shape index (κ3) is 5.28. The summed E-state index contributed by atoms with van der Waals surface area (Å²) < 4.78 is 17.2. The second kappa shape index (κ2) is 9.95. The van der Waals surface area contributed by atoms with Crippen LogP contribution in [0.1, 0.15) is 11.3 Å². The Morgan fingerprint density at radius 1 is 1.27 bits per heavy atom. The minimum atomic E-state index is -0.310. The number of nitrogens with zero attached hydrogens (tertiary/aromatic N) is 2. The number of hydrogen-bond acceptors (Lipinski definition) is 6. The molecule has 1 atom stereocenters. The number of nitrogens with one attached hydrogen (secondary N) is 2. The first-order valence-electron chi connectivity index (χ1n) is 11.0. The average molecular weight is 451 g/mol. The van der Waals surface area contributed by atoms with Gasteiger partial charge in [0.1, 0.15) is 30.5 Å². The number of ether oxygens (including phenoxy) is 3. The van der Waals surface area contributed by atoms with Gasteiger partial charge in [0, 0.05) is 18.3 Å². The van der Waals surface area contributed by atoms with Crippen LogP contribution in [0.15, 0.2) is 42.6 Å². The maximum Gasteiger partial charge on any atom is 0.231 e. The summed E-state index contributed by atoms with van der Waals surface area (Å²) >= 11 is 0. The molecule has 2 heterocycles. The summed E-state index contributed by atoms with van der Waals surface area (Å²) in [6.07, 6.45) is 2.44. The molecule has 3 aromatic rings. The largest absolute Gasteiger partial charge is 0.497 e. The van der Waals surface area contributed by atoms with Crippen molar-refractivity contribution in [3.05, 3.63) is 53.9 Å². The molecule has 4 rings (SSSR count). The summed E-state index contributed by atoms with van der Waals surface area (Å²) in [5, 5.41) is 10.1. The van der Waals surface area contributed by atoms with Gasteiger partial charge in [0.2, 0.25) is 5.91 Å². The highest BCUT2D eigenvalue weighted by Gasteiger charge is 2.27. The van der Waals surface area contributed by atoms with Crippen molar-refractivity contribution in [3.63, 3.8) is 0 Å². The Hall–Kier alpha value is -3.52. The number of likely N-dealkylation sites (N-methyl/N-ethyl adjacent to an activating group) is 1. The molecule has 1 aliphatic rings. The fraction of sp³-hybridized carbons (Fsp3) is 0.360. The molecule has 1 aliphatic heterocycles. The van der Waals surface area contributed by atoms with E-state index in [-0.39, 0.29) is 11.8 Å². The Labute approximate surface area is 193 Å². The quantitative estimate of drug-likeness (QED) is 0.546. The molecule has 2 aromatic carbocycles. The first-order valence-corrected chi connectivity index (χ1v) is 11.0. The summed E-state index contributed by atoms with van der Waals surface area (Å²) in [4.78, 5) is 15.2. The van der Waals surface area contributed by atoms with E-state index in [2.05, 4.69) is 15.5 Å². The number of methoxy groups -OCH3 is 1. The van der Waals surface area contributed by atoms with E-state index in [1.54, 1.807) is 7.11 Å². The van der Waals surface area contributed by atoms with Crippen LogP contribution >= 0.6 is 0 Å². The first-order chi connectivity index (χ1) is 15.9. The number of amides is 1. The molecule has 8 nitrogen and oxygen atoms in total. The molecule has 0 aliphatic carbocycles. The van der Waals surface area contributed by atoms with E-state index in [9.17, 15) is 4.79 Å². The van der Waals surface area contributed by atoms with E-state index in [1.807, 2.05) is 68.5 Å². The Morgan fingerprint density at radius 3 is 2.85 bits per heavy atom. The number of carbonyl (C=O) groups excluding carboxylic acids is 1. The van der Waals surface area contributed by atoms with Crippen LogP contribution in [0.4, 0.5) is 5.69 Å². The highest BCUT2D eigenvalue weighted by atomic mass is 16.5. The summed E-state index contributed by atoms with van der Waals surface area (Å²) in [5.41, 5.74) is 4.48. The second-order valence-electron chi connectivity index (χ2n) is 8.42. The van der Waals surface area contributed by atoms with E-state index in [1.165, 1.54) is 0 Å². The van der Waals surface area contributed by atoms with Gasteiger partial charge in [-0.2, -0.15) is 5.10 Å². The molecule has 0 radical (unpaired) electrons. The predicted molar refractivity (Wildman–Crippen MR) is 127 cm³/mol. The zero-order chi connectivity index (χ0) is 23.4. The van der Waals surface area contributed by atoms with Gasteiger partial charge in [-0.3, -0.25) is 9.89 Å². The van der Waals surface area contributed by atoms with Crippen LogP contribution in [-0.4, -0.2) is 62.0 Å². The van der Waals surface area contributed by atoms with Gasteiger partial charge in [0.25, 0.3) is 0 Å². The highest BCUT2D eigenvalue weighted by Crippen LogP contribution is 2.34. The molecule has 1 amide bonds. The number of anilines is 1. The zero-order valence-electron chi connectivity index (χ0n) is 19.5. The van der Waals surface area contributed by atoms with E-state index in [0.717, 1.165) is 40.4 Å². The highest BCUT2D eigenvalue weighted by molar-refractivity contribution is 5.95. The molecule has 1 aromatic heterocycles. The normalized spacial score (nSPS) is 15.0. The minimum absolute atomic E-state index is 0.104. The van der Waals surface area contributed by atoms with Crippen molar-refractivity contribution in [1.29, 1.82) is 0 Å². The lowest BCUT2D eigenvalue weighted by Crippen LogP contribution is -2.32. The summed E-state index contributed by atoms with van der Waals surface area (Å²) in [6.45, 7) is 3.54. The number of hydrogen-bond donors (Lipinski definition) is 2. The molecule has 8 heteroatoms. The SMILES string of the molecule is COc1ccc2c(c1)CC(C(=O)Nc1ccc(-c3c[nH]nc3C)cc1OCCN(C)C)CO2. The number of benzene rings is 2. The van der Waals surface area contributed by atoms with E-state index < -0.39 is 0 Å². The molecule has 0 fully saturated rings. The lowest BCUT2D eigenvalue weighted by Gasteiger charge is -2.25. The third-order valence-corrected chi connectivity index (χ3v) is 5.72. The van der Waals surface area contributed by atoms with Crippen LogP contribution in [0.3, 0.4) is 0 Å².